The summed E-state index contributed by atoms with van der Waals surface area (Å²) in [5.41, 5.74) is 3.03. The molecule has 0 spiro atoms. The molecule has 3 nitrogen and oxygen atoms in total. The van der Waals surface area contributed by atoms with Gasteiger partial charge >= 0.3 is 0 Å². The molecule has 0 bridgehead atoms. The van der Waals surface area contributed by atoms with Gasteiger partial charge in [-0.3, -0.25) is 0 Å². The van der Waals surface area contributed by atoms with Crippen molar-refractivity contribution in [3.05, 3.63) is 45.1 Å². The third-order valence-corrected chi connectivity index (χ3v) is 4.02. The first-order valence-corrected chi connectivity index (χ1v) is 7.85. The molecule has 0 radical (unpaired) electrons. The molecule has 5 heteroatoms. The van der Waals surface area contributed by atoms with E-state index in [-0.39, 0.29) is 0 Å². The molecule has 2 rings (SSSR count). The number of hydrogen-bond donors (Lipinski definition) is 1. The van der Waals surface area contributed by atoms with E-state index in [0.29, 0.717) is 5.92 Å². The van der Waals surface area contributed by atoms with E-state index >= 15 is 0 Å². The van der Waals surface area contributed by atoms with Crippen LogP contribution in [0.3, 0.4) is 0 Å². The summed E-state index contributed by atoms with van der Waals surface area (Å²) >= 11 is 9.75. The van der Waals surface area contributed by atoms with E-state index in [9.17, 15) is 0 Å². The van der Waals surface area contributed by atoms with Crippen molar-refractivity contribution < 1.29 is 0 Å². The fraction of sp³-hybridized carbons (Fsp3) is 0.400. The first-order chi connectivity index (χ1) is 9.47. The zero-order valence-corrected chi connectivity index (χ0v) is 14.3. The van der Waals surface area contributed by atoms with Crippen LogP contribution in [0.5, 0.6) is 0 Å². The average molecular weight is 357 g/mol. The van der Waals surface area contributed by atoms with Gasteiger partial charge in [-0.25, -0.2) is 4.68 Å². The van der Waals surface area contributed by atoms with E-state index in [0.717, 1.165) is 39.5 Å². The van der Waals surface area contributed by atoms with E-state index in [1.165, 1.54) is 0 Å². The van der Waals surface area contributed by atoms with Gasteiger partial charge < -0.3 is 5.32 Å². The van der Waals surface area contributed by atoms with Crippen molar-refractivity contribution in [2.24, 2.45) is 5.92 Å². The molecular weight excluding hydrogens is 338 g/mol. The molecule has 0 fully saturated rings. The van der Waals surface area contributed by atoms with Crippen molar-refractivity contribution in [2.45, 2.75) is 27.3 Å². The summed E-state index contributed by atoms with van der Waals surface area (Å²) in [7, 11) is 0. The molecule has 1 aromatic carbocycles. The van der Waals surface area contributed by atoms with Crippen LogP contribution < -0.4 is 5.32 Å². The lowest BCUT2D eigenvalue weighted by Crippen LogP contribution is -2.19. The van der Waals surface area contributed by atoms with Crippen LogP contribution in [0.4, 0.5) is 0 Å². The summed E-state index contributed by atoms with van der Waals surface area (Å²) in [5, 5.41) is 8.71. The summed E-state index contributed by atoms with van der Waals surface area (Å²) in [4.78, 5) is 0. The van der Waals surface area contributed by atoms with Crippen LogP contribution in [0.1, 0.15) is 25.1 Å². The van der Waals surface area contributed by atoms with Crippen LogP contribution >= 0.6 is 27.5 Å². The molecular formula is C15H19BrClN3. The Morgan fingerprint density at radius 3 is 2.85 bits per heavy atom. The van der Waals surface area contributed by atoms with Crippen LogP contribution in [0.25, 0.3) is 5.69 Å². The Balaban J connectivity index is 2.14. The minimum absolute atomic E-state index is 0.641. The fourth-order valence-electron chi connectivity index (χ4n) is 1.89. The number of hydrogen-bond acceptors (Lipinski definition) is 2. The number of aryl methyl sites for hydroxylation is 1. The molecule has 2 aromatic rings. The maximum absolute atomic E-state index is 6.19. The van der Waals surface area contributed by atoms with Gasteiger partial charge in [0.15, 0.2) is 0 Å². The quantitative estimate of drug-likeness (QED) is 0.863. The fourth-order valence-corrected chi connectivity index (χ4v) is 2.69. The van der Waals surface area contributed by atoms with E-state index in [2.05, 4.69) is 40.2 Å². The Hall–Kier alpha value is -0.840. The van der Waals surface area contributed by atoms with Gasteiger partial charge in [-0.05, 0) is 59.1 Å². The summed E-state index contributed by atoms with van der Waals surface area (Å²) < 4.78 is 2.84. The van der Waals surface area contributed by atoms with Gasteiger partial charge in [0.1, 0.15) is 0 Å². The van der Waals surface area contributed by atoms with Crippen molar-refractivity contribution in [1.29, 1.82) is 0 Å². The molecule has 0 aliphatic heterocycles. The second-order valence-corrected chi connectivity index (χ2v) is 6.59. The lowest BCUT2D eigenvalue weighted by atomic mass is 10.2. The predicted octanol–water partition coefficient (Wildman–Crippen LogP) is 4.34. The summed E-state index contributed by atoms with van der Waals surface area (Å²) in [5.74, 6) is 0.641. The number of halogens is 2. The number of aromatic nitrogens is 2. The summed E-state index contributed by atoms with van der Waals surface area (Å²) in [6, 6.07) is 5.96. The van der Waals surface area contributed by atoms with Gasteiger partial charge in [0, 0.05) is 22.2 Å². The minimum Gasteiger partial charge on any atom is -0.311 e. The molecule has 0 amide bonds. The van der Waals surface area contributed by atoms with Crippen LogP contribution in [-0.4, -0.2) is 16.3 Å². The maximum atomic E-state index is 6.19. The largest absolute Gasteiger partial charge is 0.311 e. The zero-order chi connectivity index (χ0) is 14.7. The normalized spacial score (nSPS) is 11.3. The molecule has 1 aromatic heterocycles. The van der Waals surface area contributed by atoms with Crippen LogP contribution in [0.15, 0.2) is 28.9 Å². The zero-order valence-electron chi connectivity index (χ0n) is 12.0. The number of nitrogens with one attached hydrogen (secondary N) is 1. The topological polar surface area (TPSA) is 29.9 Å². The molecule has 0 unspecified atom stereocenters. The lowest BCUT2D eigenvalue weighted by Gasteiger charge is -2.08. The van der Waals surface area contributed by atoms with Gasteiger partial charge in [-0.2, -0.15) is 5.10 Å². The Morgan fingerprint density at radius 2 is 2.15 bits per heavy atom. The van der Waals surface area contributed by atoms with Gasteiger partial charge in [-0.1, -0.05) is 25.4 Å². The van der Waals surface area contributed by atoms with E-state index < -0.39 is 0 Å². The van der Waals surface area contributed by atoms with Crippen molar-refractivity contribution in [3.63, 3.8) is 0 Å². The average Bonchev–Trinajstić information content (AvgIpc) is 2.82. The first-order valence-electron chi connectivity index (χ1n) is 6.68. The highest BCUT2D eigenvalue weighted by Gasteiger charge is 2.08. The Labute approximate surface area is 133 Å². The van der Waals surface area contributed by atoms with Crippen LogP contribution in [0, 0.1) is 12.8 Å². The highest BCUT2D eigenvalue weighted by Crippen LogP contribution is 2.27. The van der Waals surface area contributed by atoms with Crippen molar-refractivity contribution in [2.75, 3.05) is 6.54 Å². The standard InChI is InChI=1S/C15H19BrClN3/c1-10(2)8-18-9-12-4-5-20(19-12)15-7-14(17)11(3)6-13(15)16/h4-7,10,18H,8-9H2,1-3H3. The summed E-state index contributed by atoms with van der Waals surface area (Å²) in [6.45, 7) is 8.14. The monoisotopic (exact) mass is 355 g/mol. The third-order valence-electron chi connectivity index (χ3n) is 2.98. The third kappa shape index (κ3) is 3.84. The molecule has 1 heterocycles. The highest BCUT2D eigenvalue weighted by atomic mass is 79.9. The highest BCUT2D eigenvalue weighted by molar-refractivity contribution is 9.10. The predicted molar refractivity (Wildman–Crippen MR) is 87.6 cm³/mol. The smallest absolute Gasteiger partial charge is 0.0802 e. The Bertz CT molecular complexity index is 593. The van der Waals surface area contributed by atoms with Crippen molar-refractivity contribution in [1.82, 2.24) is 15.1 Å². The van der Waals surface area contributed by atoms with E-state index in [1.54, 1.807) is 0 Å². The van der Waals surface area contributed by atoms with E-state index in [1.807, 2.05) is 36.0 Å². The van der Waals surface area contributed by atoms with E-state index in [4.69, 9.17) is 11.6 Å². The van der Waals surface area contributed by atoms with Gasteiger partial charge in [-0.15, -0.1) is 0 Å². The molecule has 1 N–H and O–H groups in total. The second kappa shape index (κ2) is 6.74. The van der Waals surface area contributed by atoms with Crippen LogP contribution in [-0.2, 0) is 6.54 Å². The molecule has 0 aliphatic carbocycles. The molecule has 108 valence electrons. The molecule has 20 heavy (non-hydrogen) atoms. The van der Waals surface area contributed by atoms with Gasteiger partial charge in [0.2, 0.25) is 0 Å². The SMILES string of the molecule is Cc1cc(Br)c(-n2ccc(CNCC(C)C)n2)cc1Cl. The lowest BCUT2D eigenvalue weighted by molar-refractivity contribution is 0.546. The number of benzene rings is 1. The van der Waals surface area contributed by atoms with Gasteiger partial charge in [0.05, 0.1) is 11.4 Å². The minimum atomic E-state index is 0.641. The Morgan fingerprint density at radius 1 is 1.40 bits per heavy atom. The molecule has 0 saturated heterocycles. The van der Waals surface area contributed by atoms with Crippen molar-refractivity contribution >= 4 is 27.5 Å². The Kier molecular flexibility index (Phi) is 5.24. The first kappa shape index (κ1) is 15.5. The molecule has 0 atom stereocenters. The molecule has 0 saturated carbocycles. The van der Waals surface area contributed by atoms with Crippen LogP contribution in [0.2, 0.25) is 5.02 Å². The second-order valence-electron chi connectivity index (χ2n) is 5.33. The number of nitrogens with zero attached hydrogens (tertiary/aromatic N) is 2. The number of rotatable bonds is 5. The van der Waals surface area contributed by atoms with Gasteiger partial charge in [0.25, 0.3) is 0 Å². The summed E-state index contributed by atoms with van der Waals surface area (Å²) in [6.07, 6.45) is 1.96. The maximum Gasteiger partial charge on any atom is 0.0802 e. The van der Waals surface area contributed by atoms with Crippen molar-refractivity contribution in [3.8, 4) is 5.69 Å². The molecule has 0 aliphatic rings.